The van der Waals surface area contributed by atoms with E-state index in [0.29, 0.717) is 42.0 Å². The fourth-order valence-electron chi connectivity index (χ4n) is 5.65. The molecule has 0 bridgehead atoms. The van der Waals surface area contributed by atoms with E-state index in [9.17, 15) is 9.59 Å². The number of nitrogens with zero attached hydrogens (tertiary/aromatic N) is 5. The Bertz CT molecular complexity index is 1230. The van der Waals surface area contributed by atoms with Crippen molar-refractivity contribution in [1.82, 2.24) is 20.0 Å². The fourth-order valence-corrected chi connectivity index (χ4v) is 6.04. The first-order chi connectivity index (χ1) is 19.2. The lowest BCUT2D eigenvalue weighted by Crippen LogP contribution is -2.58. The normalized spacial score (nSPS) is 18.9. The molecular weight excluding hydrogens is 555 g/mol. The Labute approximate surface area is 244 Å². The zero-order valence-corrected chi connectivity index (χ0v) is 24.5. The molecule has 1 aliphatic heterocycles. The standard InChI is InChI=1S/C27H38Cl2N8O3/c1-35-22(13-21(34-35)19-9-6-10-20(28)24(19)29)37-12-11-36(15-18(37)16-40-2)23(38)14-32-26(39)25(33-27(30)31)17-7-4-3-5-8-17/h6,9-10,13,17-18,25H,3-5,7-8,11-12,14-16H2,1-2H3,(H,32,39)(H4,30,31,33)/t18?,25-/m1/s1. The number of benzene rings is 1. The van der Waals surface area contributed by atoms with Crippen LogP contribution in [0.3, 0.4) is 0 Å². The molecule has 2 atom stereocenters. The molecule has 1 saturated heterocycles. The van der Waals surface area contributed by atoms with Gasteiger partial charge in [-0.25, -0.2) is 4.99 Å². The molecule has 2 amide bonds. The first-order valence-electron chi connectivity index (χ1n) is 13.6. The fraction of sp³-hybridized carbons (Fsp3) is 0.556. The smallest absolute Gasteiger partial charge is 0.245 e. The van der Waals surface area contributed by atoms with Crippen molar-refractivity contribution in [2.45, 2.75) is 44.2 Å². The van der Waals surface area contributed by atoms with E-state index in [0.717, 1.165) is 43.5 Å². The molecule has 2 aromatic rings. The molecule has 5 N–H and O–H groups in total. The monoisotopic (exact) mass is 592 g/mol. The minimum atomic E-state index is -0.678. The lowest BCUT2D eigenvalue weighted by molar-refractivity contribution is -0.134. The van der Waals surface area contributed by atoms with Gasteiger partial charge in [0.1, 0.15) is 11.9 Å². The number of nitrogens with one attached hydrogen (secondary N) is 1. The number of carbonyl (C=O) groups is 2. The highest BCUT2D eigenvalue weighted by Gasteiger charge is 2.33. The largest absolute Gasteiger partial charge is 0.382 e. The molecule has 0 radical (unpaired) electrons. The predicted octanol–water partition coefficient (Wildman–Crippen LogP) is 2.40. The zero-order chi connectivity index (χ0) is 28.8. The molecule has 4 rings (SSSR count). The number of aromatic nitrogens is 2. The second-order valence-corrected chi connectivity index (χ2v) is 11.2. The number of piperazine rings is 1. The third kappa shape index (κ3) is 7.00. The minimum absolute atomic E-state index is 0.0751. The molecule has 2 fully saturated rings. The van der Waals surface area contributed by atoms with Crippen molar-refractivity contribution in [2.24, 2.45) is 29.4 Å². The number of halogens is 2. The Morgan fingerprint density at radius 2 is 1.95 bits per heavy atom. The van der Waals surface area contributed by atoms with E-state index in [1.165, 1.54) is 0 Å². The zero-order valence-electron chi connectivity index (χ0n) is 23.0. The van der Waals surface area contributed by atoms with Crippen LogP contribution in [0.5, 0.6) is 0 Å². The average Bonchev–Trinajstić information content (AvgIpc) is 3.33. The second-order valence-electron chi connectivity index (χ2n) is 10.4. The molecule has 13 heteroatoms. The van der Waals surface area contributed by atoms with Gasteiger partial charge in [0.15, 0.2) is 5.96 Å². The number of ether oxygens (including phenoxy) is 1. The maximum atomic E-state index is 13.2. The summed E-state index contributed by atoms with van der Waals surface area (Å²) in [6.45, 7) is 1.76. The number of hydrogen-bond acceptors (Lipinski definition) is 6. The van der Waals surface area contributed by atoms with Crippen LogP contribution in [0.2, 0.25) is 10.0 Å². The third-order valence-electron chi connectivity index (χ3n) is 7.64. The highest BCUT2D eigenvalue weighted by atomic mass is 35.5. The van der Waals surface area contributed by atoms with Gasteiger partial charge in [-0.05, 0) is 24.8 Å². The lowest BCUT2D eigenvalue weighted by atomic mass is 9.83. The quantitative estimate of drug-likeness (QED) is 0.299. The predicted molar refractivity (Wildman–Crippen MR) is 157 cm³/mol. The molecule has 0 spiro atoms. The van der Waals surface area contributed by atoms with Gasteiger partial charge in [0.2, 0.25) is 11.8 Å². The molecule has 1 aliphatic carbocycles. The number of anilines is 1. The van der Waals surface area contributed by atoms with Crippen molar-refractivity contribution < 1.29 is 14.3 Å². The topological polar surface area (TPSA) is 144 Å². The van der Waals surface area contributed by atoms with Crippen LogP contribution in [0.15, 0.2) is 29.3 Å². The minimum Gasteiger partial charge on any atom is -0.382 e. The summed E-state index contributed by atoms with van der Waals surface area (Å²) in [4.78, 5) is 34.3. The number of aliphatic imine (C=N–C) groups is 1. The Morgan fingerprint density at radius 3 is 2.65 bits per heavy atom. The summed E-state index contributed by atoms with van der Waals surface area (Å²) in [5.41, 5.74) is 12.7. The Morgan fingerprint density at radius 1 is 1.20 bits per heavy atom. The van der Waals surface area contributed by atoms with E-state index >= 15 is 0 Å². The molecule has 1 aromatic heterocycles. The van der Waals surface area contributed by atoms with E-state index in [2.05, 4.69) is 20.3 Å². The number of aryl methyl sites for hydroxylation is 1. The molecule has 2 aliphatic rings. The van der Waals surface area contributed by atoms with Gasteiger partial charge in [-0.15, -0.1) is 0 Å². The van der Waals surface area contributed by atoms with Gasteiger partial charge in [-0.2, -0.15) is 5.10 Å². The van der Waals surface area contributed by atoms with Crippen LogP contribution in [0.1, 0.15) is 32.1 Å². The third-order valence-corrected chi connectivity index (χ3v) is 8.46. The lowest BCUT2D eigenvalue weighted by Gasteiger charge is -2.42. The number of amides is 2. The van der Waals surface area contributed by atoms with E-state index in [1.54, 1.807) is 22.8 Å². The molecule has 40 heavy (non-hydrogen) atoms. The maximum Gasteiger partial charge on any atom is 0.245 e. The first-order valence-corrected chi connectivity index (χ1v) is 14.3. The van der Waals surface area contributed by atoms with E-state index in [1.807, 2.05) is 25.2 Å². The van der Waals surface area contributed by atoms with Gasteiger partial charge in [0.25, 0.3) is 0 Å². The van der Waals surface area contributed by atoms with Crippen LogP contribution >= 0.6 is 23.2 Å². The van der Waals surface area contributed by atoms with E-state index in [-0.39, 0.29) is 36.3 Å². The molecule has 218 valence electrons. The summed E-state index contributed by atoms with van der Waals surface area (Å²) in [7, 11) is 3.50. The summed E-state index contributed by atoms with van der Waals surface area (Å²) in [6, 6.07) is 6.62. The van der Waals surface area contributed by atoms with Crippen LogP contribution in [-0.2, 0) is 21.4 Å². The molecule has 1 aromatic carbocycles. The molecule has 1 unspecified atom stereocenters. The Kier molecular flexibility index (Phi) is 10.2. The van der Waals surface area contributed by atoms with Gasteiger partial charge in [0.05, 0.1) is 34.9 Å². The van der Waals surface area contributed by atoms with Crippen LogP contribution < -0.4 is 21.7 Å². The summed E-state index contributed by atoms with van der Waals surface area (Å²) in [5, 5.41) is 8.36. The van der Waals surface area contributed by atoms with Crippen molar-refractivity contribution >= 4 is 46.8 Å². The number of carbonyl (C=O) groups excluding carboxylic acids is 2. The number of methoxy groups -OCH3 is 1. The SMILES string of the molecule is COCC1CN(C(=O)CNC(=O)[C@H](N=C(N)N)C2CCCCC2)CCN1c1cc(-c2cccc(Cl)c2Cl)nn1C. The van der Waals surface area contributed by atoms with Crippen molar-refractivity contribution in [1.29, 1.82) is 0 Å². The van der Waals surface area contributed by atoms with Crippen molar-refractivity contribution in [2.75, 3.05) is 44.8 Å². The summed E-state index contributed by atoms with van der Waals surface area (Å²) >= 11 is 12.7. The number of guanidine groups is 1. The van der Waals surface area contributed by atoms with Crippen LogP contribution in [0.4, 0.5) is 5.82 Å². The van der Waals surface area contributed by atoms with Gasteiger partial charge >= 0.3 is 0 Å². The Hall–Kier alpha value is -3.02. The van der Waals surface area contributed by atoms with Crippen LogP contribution in [0.25, 0.3) is 11.3 Å². The molecule has 2 heterocycles. The van der Waals surface area contributed by atoms with E-state index < -0.39 is 6.04 Å². The van der Waals surface area contributed by atoms with Crippen LogP contribution in [-0.4, -0.2) is 84.4 Å². The number of rotatable bonds is 9. The highest BCUT2D eigenvalue weighted by Crippen LogP contribution is 2.35. The van der Waals surface area contributed by atoms with Gasteiger partial charge in [-0.3, -0.25) is 14.3 Å². The summed E-state index contributed by atoms with van der Waals surface area (Å²) in [5.74, 6) is 0.346. The van der Waals surface area contributed by atoms with Crippen LogP contribution in [0, 0.1) is 5.92 Å². The van der Waals surface area contributed by atoms with E-state index in [4.69, 9.17) is 39.4 Å². The van der Waals surface area contributed by atoms with Crippen molar-refractivity contribution in [3.63, 3.8) is 0 Å². The second kappa shape index (κ2) is 13.6. The number of hydrogen-bond donors (Lipinski definition) is 3. The molecular formula is C27H38Cl2N8O3. The molecule has 11 nitrogen and oxygen atoms in total. The summed E-state index contributed by atoms with van der Waals surface area (Å²) < 4.78 is 7.30. The molecule has 1 saturated carbocycles. The maximum absolute atomic E-state index is 13.2. The average molecular weight is 594 g/mol. The number of nitrogens with two attached hydrogens (primary N) is 2. The van der Waals surface area contributed by atoms with Gasteiger partial charge < -0.3 is 31.3 Å². The van der Waals surface area contributed by atoms with Gasteiger partial charge in [-0.1, -0.05) is 54.6 Å². The van der Waals surface area contributed by atoms with Crippen molar-refractivity contribution in [3.8, 4) is 11.3 Å². The Balaban J connectivity index is 1.41. The van der Waals surface area contributed by atoms with Crippen molar-refractivity contribution in [3.05, 3.63) is 34.3 Å². The highest BCUT2D eigenvalue weighted by molar-refractivity contribution is 6.43. The summed E-state index contributed by atoms with van der Waals surface area (Å²) in [6.07, 6.45) is 5.02. The van der Waals surface area contributed by atoms with Gasteiger partial charge in [0, 0.05) is 45.4 Å². The first kappa shape index (κ1) is 30.0.